The van der Waals surface area contributed by atoms with Crippen molar-refractivity contribution in [3.05, 3.63) is 64.6 Å². The minimum Gasteiger partial charge on any atom is -0.394 e. The van der Waals surface area contributed by atoms with Crippen molar-refractivity contribution in [2.24, 2.45) is 5.73 Å². The second-order valence-electron chi connectivity index (χ2n) is 11.6. The molecule has 1 amide bonds. The van der Waals surface area contributed by atoms with Gasteiger partial charge in [0.2, 0.25) is 5.91 Å². The number of fused-ring (bicyclic) bond motifs is 1. The minimum absolute atomic E-state index is 0.0175. The second-order valence-corrected chi connectivity index (χ2v) is 12.4. The number of aliphatic hydroxyl groups excluding tert-OH is 1. The number of primary amides is 1. The van der Waals surface area contributed by atoms with Crippen LogP contribution in [0.25, 0.3) is 28.0 Å². The Morgan fingerprint density at radius 3 is 2.49 bits per heavy atom. The van der Waals surface area contributed by atoms with E-state index in [1.54, 1.807) is 0 Å². The number of nitrogens with zero attached hydrogens (tertiary/aromatic N) is 5. The fourth-order valence-corrected chi connectivity index (χ4v) is 6.73. The number of amides is 1. The maximum Gasteiger partial charge on any atom is 0.249 e. The average molecular weight is 624 g/mol. The normalized spacial score (nSPS) is 18.6. The SMILES string of the molecule is CC(C)OC1(C(N)=O)CCN(c2cc(N3CCC[C@H]3CO)nc3c(-c4ccc(Cl)cc4)c(-c4ccccc4Cl)nn23)CC1. The first kappa shape index (κ1) is 29.7. The van der Waals surface area contributed by atoms with Gasteiger partial charge in [-0.2, -0.15) is 9.61 Å². The molecule has 0 aliphatic carbocycles. The lowest BCUT2D eigenvalue weighted by atomic mass is 9.90. The van der Waals surface area contributed by atoms with Crippen LogP contribution in [-0.2, 0) is 9.53 Å². The molecule has 11 heteroatoms. The fourth-order valence-electron chi connectivity index (χ4n) is 6.38. The lowest BCUT2D eigenvalue weighted by Crippen LogP contribution is -2.55. The van der Waals surface area contributed by atoms with Gasteiger partial charge in [0.15, 0.2) is 5.65 Å². The van der Waals surface area contributed by atoms with E-state index in [0.29, 0.717) is 47.3 Å². The second kappa shape index (κ2) is 12.0. The molecule has 2 saturated heterocycles. The standard InChI is InChI=1S/C32H36Cl2N6O3/c1-20(2)43-32(31(35)42)13-16-38(17-14-32)27-18-26(39-15-5-6-23(39)19-41)36-30-28(21-9-11-22(33)12-10-21)29(37-40(27)30)24-7-3-4-8-25(24)34/h3-4,7-12,18,20,23,41H,5-6,13-17,19H2,1-2H3,(H2,35,42)/t23-/m0/s1. The van der Waals surface area contributed by atoms with Gasteiger partial charge >= 0.3 is 0 Å². The molecule has 9 nitrogen and oxygen atoms in total. The summed E-state index contributed by atoms with van der Waals surface area (Å²) in [6, 6.07) is 17.3. The number of nitrogens with two attached hydrogens (primary N) is 1. The van der Waals surface area contributed by atoms with E-state index in [1.165, 1.54) is 0 Å². The first-order valence-corrected chi connectivity index (χ1v) is 15.5. The number of hydrogen-bond donors (Lipinski definition) is 2. The summed E-state index contributed by atoms with van der Waals surface area (Å²) in [6.07, 6.45) is 2.63. The molecule has 2 aliphatic heterocycles. The van der Waals surface area contributed by atoms with E-state index < -0.39 is 11.5 Å². The molecular weight excluding hydrogens is 587 g/mol. The van der Waals surface area contributed by atoms with Gasteiger partial charge in [0.25, 0.3) is 0 Å². The predicted molar refractivity (Wildman–Crippen MR) is 171 cm³/mol. The largest absolute Gasteiger partial charge is 0.394 e. The van der Waals surface area contributed by atoms with Gasteiger partial charge in [-0.05, 0) is 50.5 Å². The topological polar surface area (TPSA) is 109 Å². The molecule has 2 fully saturated rings. The highest BCUT2D eigenvalue weighted by Crippen LogP contribution is 2.41. The van der Waals surface area contributed by atoms with Gasteiger partial charge in [-0.25, -0.2) is 4.98 Å². The summed E-state index contributed by atoms with van der Waals surface area (Å²) >= 11 is 13.0. The highest BCUT2D eigenvalue weighted by molar-refractivity contribution is 6.33. The van der Waals surface area contributed by atoms with Crippen molar-refractivity contribution < 1.29 is 14.6 Å². The van der Waals surface area contributed by atoms with Crippen LogP contribution in [-0.4, -0.2) is 69.6 Å². The van der Waals surface area contributed by atoms with Crippen molar-refractivity contribution in [1.82, 2.24) is 14.6 Å². The number of carbonyl (C=O) groups excluding carboxylic acids is 1. The van der Waals surface area contributed by atoms with Gasteiger partial charge in [0.05, 0.1) is 29.3 Å². The molecule has 2 aromatic heterocycles. The highest BCUT2D eigenvalue weighted by Gasteiger charge is 2.42. The number of anilines is 2. The van der Waals surface area contributed by atoms with Crippen molar-refractivity contribution in [1.29, 1.82) is 0 Å². The summed E-state index contributed by atoms with van der Waals surface area (Å²) in [5.74, 6) is 1.17. The van der Waals surface area contributed by atoms with Crippen LogP contribution >= 0.6 is 23.2 Å². The number of piperidine rings is 1. The summed E-state index contributed by atoms with van der Waals surface area (Å²) in [7, 11) is 0. The summed E-state index contributed by atoms with van der Waals surface area (Å²) < 4.78 is 7.98. The number of halogens is 2. The molecule has 4 aromatic rings. The van der Waals surface area contributed by atoms with Crippen LogP contribution in [0.4, 0.5) is 11.6 Å². The highest BCUT2D eigenvalue weighted by atomic mass is 35.5. The maximum absolute atomic E-state index is 12.6. The van der Waals surface area contributed by atoms with E-state index in [4.69, 9.17) is 43.8 Å². The van der Waals surface area contributed by atoms with Crippen LogP contribution in [0.15, 0.2) is 54.6 Å². The van der Waals surface area contributed by atoms with Crippen LogP contribution < -0.4 is 15.5 Å². The molecule has 6 rings (SSSR count). The number of ether oxygens (including phenoxy) is 1. The van der Waals surface area contributed by atoms with E-state index in [0.717, 1.165) is 47.7 Å². The molecule has 2 aliphatic rings. The minimum atomic E-state index is -1.02. The van der Waals surface area contributed by atoms with Crippen molar-refractivity contribution in [2.75, 3.05) is 36.0 Å². The van der Waals surface area contributed by atoms with Crippen LogP contribution in [0, 0.1) is 0 Å². The van der Waals surface area contributed by atoms with E-state index in [9.17, 15) is 9.90 Å². The Kier molecular flexibility index (Phi) is 8.26. The first-order valence-electron chi connectivity index (χ1n) is 14.8. The monoisotopic (exact) mass is 622 g/mol. The molecule has 4 heterocycles. The van der Waals surface area contributed by atoms with Gasteiger partial charge in [-0.3, -0.25) is 4.79 Å². The lowest BCUT2D eigenvalue weighted by Gasteiger charge is -2.41. The molecule has 2 aromatic carbocycles. The van der Waals surface area contributed by atoms with E-state index >= 15 is 0 Å². The number of benzene rings is 2. The Morgan fingerprint density at radius 1 is 1.12 bits per heavy atom. The van der Waals surface area contributed by atoms with Crippen molar-refractivity contribution in [3.63, 3.8) is 0 Å². The molecule has 226 valence electrons. The Labute approximate surface area is 261 Å². The molecular formula is C32H36Cl2N6O3. The third kappa shape index (κ3) is 5.55. The van der Waals surface area contributed by atoms with Crippen molar-refractivity contribution in [3.8, 4) is 22.4 Å². The van der Waals surface area contributed by atoms with Gasteiger partial charge in [0.1, 0.15) is 22.9 Å². The summed E-state index contributed by atoms with van der Waals surface area (Å²) in [4.78, 5) is 22.2. The number of carbonyl (C=O) groups is 1. The van der Waals surface area contributed by atoms with Gasteiger partial charge in [-0.1, -0.05) is 53.5 Å². The van der Waals surface area contributed by atoms with Crippen LogP contribution in [0.2, 0.25) is 10.0 Å². The molecule has 0 unspecified atom stereocenters. The van der Waals surface area contributed by atoms with Crippen LogP contribution in [0.1, 0.15) is 39.5 Å². The van der Waals surface area contributed by atoms with E-state index in [2.05, 4.69) is 9.80 Å². The predicted octanol–water partition coefficient (Wildman–Crippen LogP) is 5.58. The molecule has 1 atom stereocenters. The third-order valence-electron chi connectivity index (χ3n) is 8.51. The van der Waals surface area contributed by atoms with Crippen molar-refractivity contribution in [2.45, 2.75) is 57.3 Å². The van der Waals surface area contributed by atoms with E-state index in [-0.39, 0.29) is 18.8 Å². The molecule has 43 heavy (non-hydrogen) atoms. The molecule has 3 N–H and O–H groups in total. The quantitative estimate of drug-likeness (QED) is 0.264. The number of hydrogen-bond acceptors (Lipinski definition) is 7. The Balaban J connectivity index is 1.56. The Bertz CT molecular complexity index is 1630. The molecule has 0 saturated carbocycles. The van der Waals surface area contributed by atoms with Crippen LogP contribution in [0.3, 0.4) is 0 Å². The fraction of sp³-hybridized carbons (Fsp3) is 0.406. The first-order chi connectivity index (χ1) is 20.7. The van der Waals surface area contributed by atoms with Crippen LogP contribution in [0.5, 0.6) is 0 Å². The summed E-state index contributed by atoms with van der Waals surface area (Å²) in [6.45, 7) is 5.75. The smallest absolute Gasteiger partial charge is 0.249 e. The third-order valence-corrected chi connectivity index (χ3v) is 9.09. The zero-order valence-electron chi connectivity index (χ0n) is 24.3. The van der Waals surface area contributed by atoms with Gasteiger partial charge in [-0.15, -0.1) is 0 Å². The number of aromatic nitrogens is 3. The summed E-state index contributed by atoms with van der Waals surface area (Å²) in [5, 5.41) is 16.5. The van der Waals surface area contributed by atoms with Gasteiger partial charge in [0, 0.05) is 49.1 Å². The molecule has 0 bridgehead atoms. The average Bonchev–Trinajstić information content (AvgIpc) is 3.62. The van der Waals surface area contributed by atoms with E-state index in [1.807, 2.05) is 73.0 Å². The van der Waals surface area contributed by atoms with Crippen molar-refractivity contribution >= 4 is 46.4 Å². The molecule has 0 spiro atoms. The molecule has 0 radical (unpaired) electrons. The Hall–Kier alpha value is -3.37. The zero-order valence-corrected chi connectivity index (χ0v) is 25.9. The Morgan fingerprint density at radius 2 is 1.84 bits per heavy atom. The number of aliphatic hydroxyl groups is 1. The summed E-state index contributed by atoms with van der Waals surface area (Å²) in [5.41, 5.74) is 8.75. The van der Waals surface area contributed by atoms with Gasteiger partial charge < -0.3 is 25.4 Å². The lowest BCUT2D eigenvalue weighted by molar-refractivity contribution is -0.153. The maximum atomic E-state index is 12.6. The zero-order chi connectivity index (χ0) is 30.3. The number of rotatable bonds is 8.